The summed E-state index contributed by atoms with van der Waals surface area (Å²) in [4.78, 5) is 2.55. The molecule has 0 bridgehead atoms. The van der Waals surface area contributed by atoms with Crippen LogP contribution in [0.25, 0.3) is 0 Å². The molecule has 1 nitrogen and oxygen atoms in total. The van der Waals surface area contributed by atoms with Gasteiger partial charge in [0.05, 0.1) is 0 Å². The van der Waals surface area contributed by atoms with Gasteiger partial charge in [0, 0.05) is 18.6 Å². The van der Waals surface area contributed by atoms with Crippen molar-refractivity contribution in [2.24, 2.45) is 0 Å². The molecule has 0 N–H and O–H groups in total. The number of hydrogen-bond acceptors (Lipinski definition) is 1. The first kappa shape index (κ1) is 17.8. The predicted octanol–water partition coefficient (Wildman–Crippen LogP) is 1.35. The second-order valence-electron chi connectivity index (χ2n) is 5.74. The Balaban J connectivity index is 0. The van der Waals surface area contributed by atoms with Crippen LogP contribution in [0, 0.1) is 20.8 Å². The van der Waals surface area contributed by atoms with Crippen molar-refractivity contribution in [3.05, 3.63) is 34.4 Å². The van der Waals surface area contributed by atoms with E-state index in [1.807, 2.05) is 0 Å². The van der Waals surface area contributed by atoms with Gasteiger partial charge >= 0.3 is 18.9 Å². The monoisotopic (exact) mass is 241 g/mol. The van der Waals surface area contributed by atoms with Crippen LogP contribution in [0.4, 0.5) is 0 Å². The third-order valence-electron chi connectivity index (χ3n) is 3.51. The average Bonchev–Trinajstić information content (AvgIpc) is 2.14. The van der Waals surface area contributed by atoms with Gasteiger partial charge in [-0.1, -0.05) is 17.7 Å². The molecule has 0 radical (unpaired) electrons. The third-order valence-corrected chi connectivity index (χ3v) is 3.51. The molecular weight excluding hydrogens is 213 g/mol. The fourth-order valence-corrected chi connectivity index (χ4v) is 2.60. The minimum absolute atomic E-state index is 0. The first-order chi connectivity index (χ1) is 7.82. The van der Waals surface area contributed by atoms with Crippen molar-refractivity contribution in [1.82, 2.24) is 4.90 Å². The quantitative estimate of drug-likeness (QED) is 0.719. The van der Waals surface area contributed by atoms with E-state index in [4.69, 9.17) is 0 Å². The van der Waals surface area contributed by atoms with Gasteiger partial charge < -0.3 is 1.43 Å². The van der Waals surface area contributed by atoms with Crippen LogP contribution in [0.3, 0.4) is 0 Å². The Morgan fingerprint density at radius 3 is 1.67 bits per heavy atom. The van der Waals surface area contributed by atoms with Crippen molar-refractivity contribution < 1.29 is 20.3 Å². The van der Waals surface area contributed by atoms with E-state index in [-0.39, 0.29) is 20.3 Å². The molecule has 18 heavy (non-hydrogen) atoms. The molecule has 0 spiro atoms. The minimum atomic E-state index is 0. The van der Waals surface area contributed by atoms with E-state index in [1.54, 1.807) is 0 Å². The molecule has 0 aromatic heterocycles. The van der Waals surface area contributed by atoms with E-state index in [9.17, 15) is 0 Å². The van der Waals surface area contributed by atoms with Crippen LogP contribution < -0.4 is 18.9 Å². The maximum Gasteiger partial charge on any atom is 1.00 e. The molecule has 0 aliphatic carbocycles. The summed E-state index contributed by atoms with van der Waals surface area (Å²) < 4.78 is 0. The van der Waals surface area contributed by atoms with Crippen molar-refractivity contribution in [2.75, 3.05) is 0 Å². The summed E-state index contributed by atoms with van der Waals surface area (Å²) >= 11 is 0. The van der Waals surface area contributed by atoms with Gasteiger partial charge in [-0.2, -0.15) is 0 Å². The molecule has 0 aliphatic heterocycles. The molecule has 0 saturated carbocycles. The normalized spacial score (nSPS) is 11.2. The summed E-state index contributed by atoms with van der Waals surface area (Å²) in [7, 11) is 0. The molecular formula is C16H28LiN. The Morgan fingerprint density at radius 1 is 0.944 bits per heavy atom. The Labute approximate surface area is 127 Å². The first-order valence-corrected chi connectivity index (χ1v) is 6.65. The number of aryl methyl sites for hydroxylation is 3. The van der Waals surface area contributed by atoms with Crippen LogP contribution in [0.5, 0.6) is 0 Å². The number of benzene rings is 1. The van der Waals surface area contributed by atoms with Gasteiger partial charge in [0.15, 0.2) is 0 Å². The van der Waals surface area contributed by atoms with E-state index in [1.165, 1.54) is 22.3 Å². The standard InChI is InChI=1S/C16H27N.Li.H/c1-11(2)17(12(3)4)10-16-14(6)8-13(5)9-15(16)7;;/h8-9,11-12H,10H2,1-7H3;;/q;+1;-1. The van der Waals surface area contributed by atoms with Crippen molar-refractivity contribution in [3.8, 4) is 0 Å². The maximum atomic E-state index is 2.55. The largest absolute Gasteiger partial charge is 1.00 e. The number of nitrogens with zero attached hydrogens (tertiary/aromatic N) is 1. The van der Waals surface area contributed by atoms with E-state index in [2.05, 4.69) is 65.5 Å². The molecule has 0 aliphatic rings. The van der Waals surface area contributed by atoms with Crippen molar-refractivity contribution in [2.45, 2.75) is 67.1 Å². The van der Waals surface area contributed by atoms with Gasteiger partial charge in [-0.15, -0.1) is 0 Å². The Hall–Kier alpha value is -0.223. The van der Waals surface area contributed by atoms with Crippen molar-refractivity contribution in [1.29, 1.82) is 0 Å². The molecule has 0 atom stereocenters. The second kappa shape index (κ2) is 7.39. The molecule has 0 unspecified atom stereocenters. The fourth-order valence-electron chi connectivity index (χ4n) is 2.60. The second-order valence-corrected chi connectivity index (χ2v) is 5.74. The first-order valence-electron chi connectivity index (χ1n) is 6.65. The smallest absolute Gasteiger partial charge is 1.00 e. The molecule has 0 saturated heterocycles. The van der Waals surface area contributed by atoms with E-state index < -0.39 is 0 Å². The summed E-state index contributed by atoms with van der Waals surface area (Å²) in [5.74, 6) is 0. The van der Waals surface area contributed by atoms with Crippen LogP contribution in [0.2, 0.25) is 0 Å². The van der Waals surface area contributed by atoms with E-state index in [0.29, 0.717) is 12.1 Å². The molecule has 1 aromatic carbocycles. The molecule has 98 valence electrons. The SMILES string of the molecule is Cc1cc(C)c(CN(C(C)C)C(C)C)c(C)c1.[H-].[Li+]. The van der Waals surface area contributed by atoms with Gasteiger partial charge in [-0.3, -0.25) is 4.90 Å². The maximum absolute atomic E-state index is 2.55. The molecule has 0 heterocycles. The Morgan fingerprint density at radius 2 is 1.33 bits per heavy atom. The molecule has 0 fully saturated rings. The van der Waals surface area contributed by atoms with Crippen LogP contribution in [0.1, 0.15) is 51.4 Å². The van der Waals surface area contributed by atoms with E-state index >= 15 is 0 Å². The van der Waals surface area contributed by atoms with Gasteiger partial charge in [0.1, 0.15) is 0 Å². The van der Waals surface area contributed by atoms with Gasteiger partial charge in [-0.05, 0) is 65.2 Å². The zero-order valence-corrected chi connectivity index (χ0v) is 13.5. The summed E-state index contributed by atoms with van der Waals surface area (Å²) in [5.41, 5.74) is 5.71. The summed E-state index contributed by atoms with van der Waals surface area (Å²) in [6.07, 6.45) is 0. The van der Waals surface area contributed by atoms with Gasteiger partial charge in [0.25, 0.3) is 0 Å². The summed E-state index contributed by atoms with van der Waals surface area (Å²) in [6.45, 7) is 16.8. The molecule has 1 aromatic rings. The Kier molecular flexibility index (Phi) is 7.30. The molecule has 2 heteroatoms. The molecule has 0 amide bonds. The van der Waals surface area contributed by atoms with Gasteiger partial charge in [0.2, 0.25) is 0 Å². The van der Waals surface area contributed by atoms with Gasteiger partial charge in [-0.25, -0.2) is 0 Å². The summed E-state index contributed by atoms with van der Waals surface area (Å²) in [6, 6.07) is 5.77. The Bertz CT molecular complexity index is 357. The predicted molar refractivity (Wildman–Crippen MR) is 77.6 cm³/mol. The van der Waals surface area contributed by atoms with Crippen LogP contribution >= 0.6 is 0 Å². The van der Waals surface area contributed by atoms with Crippen LogP contribution in [-0.4, -0.2) is 17.0 Å². The third kappa shape index (κ3) is 4.47. The minimum Gasteiger partial charge on any atom is -1.00 e. The zero-order valence-electron chi connectivity index (χ0n) is 14.5. The molecule has 1 rings (SSSR count). The summed E-state index contributed by atoms with van der Waals surface area (Å²) in [5, 5.41) is 0. The topological polar surface area (TPSA) is 3.24 Å². The fraction of sp³-hybridized carbons (Fsp3) is 0.625. The number of hydrogen-bond donors (Lipinski definition) is 0. The number of rotatable bonds is 4. The van der Waals surface area contributed by atoms with Crippen LogP contribution in [0.15, 0.2) is 12.1 Å². The zero-order chi connectivity index (χ0) is 13.2. The van der Waals surface area contributed by atoms with E-state index in [0.717, 1.165) is 6.54 Å². The van der Waals surface area contributed by atoms with Crippen molar-refractivity contribution in [3.63, 3.8) is 0 Å². The van der Waals surface area contributed by atoms with Crippen molar-refractivity contribution >= 4 is 0 Å². The average molecular weight is 241 g/mol. The van der Waals surface area contributed by atoms with Crippen LogP contribution in [-0.2, 0) is 6.54 Å².